The van der Waals surface area contributed by atoms with Gasteiger partial charge in [0, 0.05) is 12.1 Å². The maximum absolute atomic E-state index is 11.7. The Morgan fingerprint density at radius 2 is 2.05 bits per heavy atom. The number of amides is 2. The first-order valence-electron chi connectivity index (χ1n) is 6.48. The van der Waals surface area contributed by atoms with Gasteiger partial charge < -0.3 is 16.4 Å². The number of carbonyl (C=O) groups is 2. The lowest BCUT2D eigenvalue weighted by Crippen LogP contribution is -2.40. The van der Waals surface area contributed by atoms with Crippen LogP contribution in [0.15, 0.2) is 24.3 Å². The van der Waals surface area contributed by atoms with Crippen molar-refractivity contribution in [3.8, 4) is 0 Å². The molecule has 0 spiro atoms. The zero-order valence-electron chi connectivity index (χ0n) is 12.1. The van der Waals surface area contributed by atoms with Gasteiger partial charge in [0.25, 0.3) is 5.69 Å². The summed E-state index contributed by atoms with van der Waals surface area (Å²) >= 11 is 0. The number of non-ortho nitro benzene ring substituents is 1. The minimum atomic E-state index is -0.487. The fraction of sp³-hybridized carbons (Fsp3) is 0.385. The first-order chi connectivity index (χ1) is 9.97. The van der Waals surface area contributed by atoms with Gasteiger partial charge in [-0.25, -0.2) is 0 Å². The summed E-state index contributed by atoms with van der Waals surface area (Å²) in [7, 11) is 0. The third-order valence-electron chi connectivity index (χ3n) is 2.86. The van der Waals surface area contributed by atoms with Gasteiger partial charge in [0.05, 0.1) is 24.1 Å². The Morgan fingerprint density at radius 1 is 1.36 bits per heavy atom. The fourth-order valence-electron chi connectivity index (χ4n) is 1.77. The highest BCUT2D eigenvalue weighted by Gasteiger charge is 2.15. The molecule has 1 rings (SSSR count). The monoisotopic (exact) mass is 330 g/mol. The highest BCUT2D eigenvalue weighted by molar-refractivity contribution is 5.85. The number of nitro benzene ring substituents is 1. The minimum Gasteiger partial charge on any atom is -0.348 e. The summed E-state index contributed by atoms with van der Waals surface area (Å²) in [6, 6.07) is 5.73. The van der Waals surface area contributed by atoms with Crippen LogP contribution in [0, 0.1) is 10.1 Å². The van der Waals surface area contributed by atoms with Crippen LogP contribution in [0.4, 0.5) is 5.69 Å². The highest BCUT2D eigenvalue weighted by atomic mass is 35.5. The molecule has 0 aromatic heterocycles. The van der Waals surface area contributed by atoms with Crippen molar-refractivity contribution >= 4 is 29.9 Å². The lowest BCUT2D eigenvalue weighted by Gasteiger charge is -2.17. The van der Waals surface area contributed by atoms with E-state index in [0.29, 0.717) is 12.0 Å². The summed E-state index contributed by atoms with van der Waals surface area (Å²) in [6.45, 7) is 1.49. The van der Waals surface area contributed by atoms with Crippen LogP contribution in [0.25, 0.3) is 0 Å². The molecule has 0 saturated heterocycles. The average Bonchev–Trinajstić information content (AvgIpc) is 2.50. The zero-order chi connectivity index (χ0) is 15.8. The average molecular weight is 331 g/mol. The van der Waals surface area contributed by atoms with E-state index in [-0.39, 0.29) is 43.1 Å². The van der Waals surface area contributed by atoms with Crippen molar-refractivity contribution in [1.29, 1.82) is 0 Å². The van der Waals surface area contributed by atoms with E-state index >= 15 is 0 Å². The molecule has 0 heterocycles. The molecule has 1 unspecified atom stereocenters. The molecule has 2 amide bonds. The third-order valence-corrected chi connectivity index (χ3v) is 2.86. The van der Waals surface area contributed by atoms with Crippen molar-refractivity contribution in [2.24, 2.45) is 5.73 Å². The predicted molar refractivity (Wildman–Crippen MR) is 83.6 cm³/mol. The second-order valence-corrected chi connectivity index (χ2v) is 4.36. The van der Waals surface area contributed by atoms with E-state index in [1.165, 1.54) is 12.1 Å². The van der Waals surface area contributed by atoms with E-state index in [9.17, 15) is 19.7 Å². The van der Waals surface area contributed by atoms with Crippen LogP contribution in [0.5, 0.6) is 0 Å². The number of benzene rings is 1. The molecule has 0 aliphatic rings. The largest absolute Gasteiger partial charge is 0.348 e. The maximum Gasteiger partial charge on any atom is 0.269 e. The van der Waals surface area contributed by atoms with E-state index in [4.69, 9.17) is 5.73 Å². The number of nitrogens with two attached hydrogens (primary N) is 1. The summed E-state index contributed by atoms with van der Waals surface area (Å²) in [5, 5.41) is 15.8. The van der Waals surface area contributed by atoms with Crippen LogP contribution in [0.3, 0.4) is 0 Å². The van der Waals surface area contributed by atoms with Gasteiger partial charge in [-0.1, -0.05) is 19.1 Å². The predicted octanol–water partition coefficient (Wildman–Crippen LogP) is 0.659. The van der Waals surface area contributed by atoms with Gasteiger partial charge in [0.15, 0.2) is 0 Å². The lowest BCUT2D eigenvalue weighted by atomic mass is 10.0. The second-order valence-electron chi connectivity index (χ2n) is 4.36. The molecule has 9 heteroatoms. The Kier molecular flexibility index (Phi) is 8.73. The van der Waals surface area contributed by atoms with Gasteiger partial charge >= 0.3 is 0 Å². The molecule has 8 nitrogen and oxygen atoms in total. The molecule has 1 aromatic rings. The second kappa shape index (κ2) is 9.69. The van der Waals surface area contributed by atoms with E-state index in [2.05, 4.69) is 10.6 Å². The minimum absolute atomic E-state index is 0. The number of hydrogen-bond acceptors (Lipinski definition) is 5. The fourth-order valence-corrected chi connectivity index (χ4v) is 1.77. The number of rotatable bonds is 7. The van der Waals surface area contributed by atoms with Gasteiger partial charge in [-0.2, -0.15) is 0 Å². The molecule has 0 radical (unpaired) electrons. The topological polar surface area (TPSA) is 127 Å². The number of halogens is 1. The number of nitrogens with zero attached hydrogens (tertiary/aromatic N) is 1. The Labute approximate surface area is 134 Å². The highest BCUT2D eigenvalue weighted by Crippen LogP contribution is 2.21. The van der Waals surface area contributed by atoms with Crippen molar-refractivity contribution in [3.63, 3.8) is 0 Å². The third kappa shape index (κ3) is 6.06. The maximum atomic E-state index is 11.7. The molecule has 4 N–H and O–H groups in total. The number of nitro groups is 1. The first kappa shape index (κ1) is 19.8. The van der Waals surface area contributed by atoms with E-state index in [0.717, 1.165) is 0 Å². The van der Waals surface area contributed by atoms with E-state index in [1.54, 1.807) is 12.1 Å². The Balaban J connectivity index is 0.00000441. The summed E-state index contributed by atoms with van der Waals surface area (Å²) in [4.78, 5) is 33.0. The number of hydrogen-bond donors (Lipinski definition) is 3. The molecule has 1 atom stereocenters. The van der Waals surface area contributed by atoms with Crippen molar-refractivity contribution in [1.82, 2.24) is 10.6 Å². The molecule has 0 bridgehead atoms. The molecular formula is C13H19ClN4O4. The number of nitrogens with one attached hydrogen (secondary N) is 2. The van der Waals surface area contributed by atoms with Gasteiger partial charge in [0.1, 0.15) is 0 Å². The van der Waals surface area contributed by atoms with Gasteiger partial charge in [-0.3, -0.25) is 19.7 Å². The summed E-state index contributed by atoms with van der Waals surface area (Å²) in [5.41, 5.74) is 5.73. The Hall–Kier alpha value is -2.19. The number of carbonyl (C=O) groups excluding carboxylic acids is 2. The Morgan fingerprint density at radius 3 is 2.59 bits per heavy atom. The zero-order valence-corrected chi connectivity index (χ0v) is 12.9. The molecule has 0 aliphatic heterocycles. The molecule has 0 aliphatic carbocycles. The van der Waals surface area contributed by atoms with E-state index in [1.807, 2.05) is 6.92 Å². The van der Waals surface area contributed by atoms with Gasteiger partial charge in [0.2, 0.25) is 11.8 Å². The summed E-state index contributed by atoms with van der Waals surface area (Å²) < 4.78 is 0. The first-order valence-corrected chi connectivity index (χ1v) is 6.48. The van der Waals surface area contributed by atoms with Crippen LogP contribution in [-0.2, 0) is 9.59 Å². The van der Waals surface area contributed by atoms with Crippen LogP contribution in [0.1, 0.15) is 24.9 Å². The quantitative estimate of drug-likeness (QED) is 0.500. The molecule has 1 aromatic carbocycles. The van der Waals surface area contributed by atoms with Crippen molar-refractivity contribution < 1.29 is 14.5 Å². The summed E-state index contributed by atoms with van der Waals surface area (Å²) in [6.07, 6.45) is 0.567. The molecule has 0 saturated carbocycles. The van der Waals surface area contributed by atoms with Crippen molar-refractivity contribution in [2.45, 2.75) is 19.4 Å². The van der Waals surface area contributed by atoms with Crippen LogP contribution >= 0.6 is 12.4 Å². The normalized spacial score (nSPS) is 11.0. The van der Waals surface area contributed by atoms with Gasteiger partial charge in [-0.05, 0) is 12.0 Å². The molecule has 22 heavy (non-hydrogen) atoms. The van der Waals surface area contributed by atoms with Crippen molar-refractivity contribution in [2.75, 3.05) is 13.1 Å². The van der Waals surface area contributed by atoms with Crippen LogP contribution in [0.2, 0.25) is 0 Å². The lowest BCUT2D eigenvalue weighted by molar-refractivity contribution is -0.384. The van der Waals surface area contributed by atoms with Gasteiger partial charge in [-0.15, -0.1) is 12.4 Å². The molecular weight excluding hydrogens is 312 g/mol. The van der Waals surface area contributed by atoms with Crippen LogP contribution in [-0.4, -0.2) is 29.8 Å². The van der Waals surface area contributed by atoms with Crippen molar-refractivity contribution in [3.05, 3.63) is 39.9 Å². The SMILES string of the molecule is CCC(NC(=O)CNC(=O)CN)c1cccc([N+](=O)[O-])c1.Cl. The van der Waals surface area contributed by atoms with E-state index < -0.39 is 10.8 Å². The summed E-state index contributed by atoms with van der Waals surface area (Å²) in [5.74, 6) is -0.802. The molecule has 122 valence electrons. The molecule has 0 fully saturated rings. The standard InChI is InChI=1S/C13H18N4O4.ClH/c1-2-11(16-13(19)8-15-12(18)7-14)9-4-3-5-10(6-9)17(20)21;/h3-6,11H,2,7-8,14H2,1H3,(H,15,18)(H,16,19);1H. The smallest absolute Gasteiger partial charge is 0.269 e. The Bertz CT molecular complexity index is 539. The van der Waals surface area contributed by atoms with Crippen LogP contribution < -0.4 is 16.4 Å².